The molecule has 1 heterocycles. The Morgan fingerprint density at radius 1 is 1.62 bits per heavy atom. The molecular formula is C7H12N4O2. The van der Waals surface area contributed by atoms with Crippen molar-refractivity contribution in [2.45, 2.75) is 32.7 Å². The molecule has 0 aliphatic rings. The molecule has 1 aromatic heterocycles. The first-order valence-corrected chi connectivity index (χ1v) is 4.09. The summed E-state index contributed by atoms with van der Waals surface area (Å²) >= 11 is 0. The third-order valence-corrected chi connectivity index (χ3v) is 1.61. The van der Waals surface area contributed by atoms with Crippen LogP contribution in [-0.2, 0) is 11.3 Å². The van der Waals surface area contributed by atoms with Gasteiger partial charge in [0, 0.05) is 5.92 Å². The summed E-state index contributed by atoms with van der Waals surface area (Å²) in [7, 11) is 0. The average molecular weight is 184 g/mol. The molecule has 0 amide bonds. The molecule has 0 atom stereocenters. The molecule has 72 valence electrons. The van der Waals surface area contributed by atoms with Gasteiger partial charge in [-0.15, -0.1) is 5.10 Å². The van der Waals surface area contributed by atoms with Crippen LogP contribution in [0.4, 0.5) is 0 Å². The molecule has 13 heavy (non-hydrogen) atoms. The Bertz CT molecular complexity index is 294. The summed E-state index contributed by atoms with van der Waals surface area (Å²) in [4.78, 5) is 10.3. The summed E-state index contributed by atoms with van der Waals surface area (Å²) in [6, 6.07) is 0. The van der Waals surface area contributed by atoms with Crippen molar-refractivity contribution in [2.75, 3.05) is 0 Å². The van der Waals surface area contributed by atoms with Gasteiger partial charge in [-0.3, -0.25) is 4.79 Å². The van der Waals surface area contributed by atoms with Gasteiger partial charge >= 0.3 is 5.97 Å². The molecule has 6 heteroatoms. The number of carboxylic acids is 1. The molecule has 0 saturated carbocycles. The second kappa shape index (κ2) is 3.97. The van der Waals surface area contributed by atoms with Crippen molar-refractivity contribution in [3.63, 3.8) is 0 Å². The van der Waals surface area contributed by atoms with Gasteiger partial charge in [0.05, 0.1) is 13.0 Å². The molecule has 0 fully saturated rings. The van der Waals surface area contributed by atoms with Gasteiger partial charge in [-0.05, 0) is 10.4 Å². The molecule has 0 aliphatic carbocycles. The Morgan fingerprint density at radius 2 is 2.31 bits per heavy atom. The summed E-state index contributed by atoms with van der Waals surface area (Å²) in [6.07, 6.45) is 0.0464. The lowest BCUT2D eigenvalue weighted by Gasteiger charge is -2.04. The molecule has 0 spiro atoms. The zero-order valence-electron chi connectivity index (χ0n) is 7.64. The van der Waals surface area contributed by atoms with E-state index >= 15 is 0 Å². The predicted octanol–water partition coefficient (Wildman–Crippen LogP) is 0.271. The predicted molar refractivity (Wildman–Crippen MR) is 44.2 cm³/mol. The zero-order valence-corrected chi connectivity index (χ0v) is 7.64. The Kier molecular flexibility index (Phi) is 2.94. The van der Waals surface area contributed by atoms with E-state index in [1.54, 1.807) is 0 Å². The lowest BCUT2D eigenvalue weighted by Crippen LogP contribution is -2.10. The normalized spacial score (nSPS) is 10.7. The van der Waals surface area contributed by atoms with Crippen LogP contribution in [0.5, 0.6) is 0 Å². The fourth-order valence-corrected chi connectivity index (χ4v) is 0.986. The zero-order chi connectivity index (χ0) is 9.84. The number of carboxylic acid groups (broad SMARTS) is 1. The van der Waals surface area contributed by atoms with Crippen LogP contribution < -0.4 is 0 Å². The second-order valence-corrected chi connectivity index (χ2v) is 3.06. The van der Waals surface area contributed by atoms with Gasteiger partial charge in [-0.25, -0.2) is 4.68 Å². The topological polar surface area (TPSA) is 80.9 Å². The Labute approximate surface area is 75.6 Å². The molecular weight excluding hydrogens is 172 g/mol. The van der Waals surface area contributed by atoms with Gasteiger partial charge in [0.15, 0.2) is 5.82 Å². The van der Waals surface area contributed by atoms with Crippen LogP contribution in [0.25, 0.3) is 0 Å². The minimum Gasteiger partial charge on any atom is -0.481 e. The molecule has 6 nitrogen and oxygen atoms in total. The molecule has 0 bridgehead atoms. The lowest BCUT2D eigenvalue weighted by atomic mass is 10.2. The number of nitrogens with zero attached hydrogens (tertiary/aromatic N) is 4. The Hall–Kier alpha value is -1.46. The van der Waals surface area contributed by atoms with Crippen molar-refractivity contribution in [1.29, 1.82) is 0 Å². The van der Waals surface area contributed by atoms with Crippen molar-refractivity contribution in [3.8, 4) is 0 Å². The Morgan fingerprint density at radius 3 is 2.85 bits per heavy atom. The summed E-state index contributed by atoms with van der Waals surface area (Å²) in [6.45, 7) is 4.25. The summed E-state index contributed by atoms with van der Waals surface area (Å²) in [5, 5.41) is 19.5. The number of aliphatic carboxylic acids is 1. The number of rotatable bonds is 4. The highest BCUT2D eigenvalue weighted by atomic mass is 16.4. The van der Waals surface area contributed by atoms with E-state index in [-0.39, 0.29) is 12.3 Å². The van der Waals surface area contributed by atoms with E-state index in [2.05, 4.69) is 15.5 Å². The van der Waals surface area contributed by atoms with Crippen LogP contribution in [0.2, 0.25) is 0 Å². The first-order valence-electron chi connectivity index (χ1n) is 4.09. The smallest absolute Gasteiger partial charge is 0.305 e. The fourth-order valence-electron chi connectivity index (χ4n) is 0.986. The number of tetrazole rings is 1. The van der Waals surface area contributed by atoms with E-state index in [1.807, 2.05) is 13.8 Å². The quantitative estimate of drug-likeness (QED) is 0.726. The molecule has 0 aromatic carbocycles. The van der Waals surface area contributed by atoms with Gasteiger partial charge in [0.2, 0.25) is 0 Å². The van der Waals surface area contributed by atoms with Crippen molar-refractivity contribution in [3.05, 3.63) is 5.82 Å². The third kappa shape index (κ3) is 2.50. The van der Waals surface area contributed by atoms with E-state index in [9.17, 15) is 4.79 Å². The van der Waals surface area contributed by atoms with Crippen LogP contribution in [0.15, 0.2) is 0 Å². The third-order valence-electron chi connectivity index (χ3n) is 1.61. The van der Waals surface area contributed by atoms with Crippen LogP contribution in [-0.4, -0.2) is 31.3 Å². The Balaban J connectivity index is 2.65. The summed E-state index contributed by atoms with van der Waals surface area (Å²) in [5.41, 5.74) is 0. The number of aromatic nitrogens is 4. The number of carbonyl (C=O) groups is 1. The van der Waals surface area contributed by atoms with E-state index in [1.165, 1.54) is 4.68 Å². The highest BCUT2D eigenvalue weighted by Gasteiger charge is 2.10. The highest BCUT2D eigenvalue weighted by molar-refractivity contribution is 5.66. The molecule has 0 saturated heterocycles. The van der Waals surface area contributed by atoms with Gasteiger partial charge in [0.25, 0.3) is 0 Å². The van der Waals surface area contributed by atoms with E-state index < -0.39 is 5.97 Å². The minimum absolute atomic E-state index is 0.0464. The molecule has 0 aliphatic heterocycles. The second-order valence-electron chi connectivity index (χ2n) is 3.06. The minimum atomic E-state index is -0.842. The van der Waals surface area contributed by atoms with Crippen LogP contribution >= 0.6 is 0 Å². The molecule has 0 unspecified atom stereocenters. The molecule has 1 N–H and O–H groups in total. The standard InChI is InChI=1S/C7H12N4O2/c1-5(2)7-8-9-10-11(7)4-3-6(12)13/h5H,3-4H2,1-2H3,(H,12,13). The molecule has 1 aromatic rings. The molecule has 1 rings (SSSR count). The van der Waals surface area contributed by atoms with Gasteiger partial charge in [0.1, 0.15) is 0 Å². The van der Waals surface area contributed by atoms with Gasteiger partial charge in [-0.1, -0.05) is 13.8 Å². The summed E-state index contributed by atoms with van der Waals surface area (Å²) < 4.78 is 1.53. The lowest BCUT2D eigenvalue weighted by molar-refractivity contribution is -0.137. The van der Waals surface area contributed by atoms with Crippen molar-refractivity contribution < 1.29 is 9.90 Å². The number of aryl methyl sites for hydroxylation is 1. The van der Waals surface area contributed by atoms with E-state index in [0.29, 0.717) is 6.54 Å². The maximum Gasteiger partial charge on any atom is 0.305 e. The van der Waals surface area contributed by atoms with Gasteiger partial charge in [-0.2, -0.15) is 0 Å². The van der Waals surface area contributed by atoms with Crippen LogP contribution in [0.3, 0.4) is 0 Å². The molecule has 0 radical (unpaired) electrons. The van der Waals surface area contributed by atoms with E-state index in [4.69, 9.17) is 5.11 Å². The maximum atomic E-state index is 10.3. The maximum absolute atomic E-state index is 10.3. The summed E-state index contributed by atoms with van der Waals surface area (Å²) in [5.74, 6) is 0.0928. The number of hydrogen-bond donors (Lipinski definition) is 1. The van der Waals surface area contributed by atoms with Crippen molar-refractivity contribution >= 4 is 5.97 Å². The van der Waals surface area contributed by atoms with Crippen molar-refractivity contribution in [1.82, 2.24) is 20.2 Å². The van der Waals surface area contributed by atoms with Crippen molar-refractivity contribution in [2.24, 2.45) is 0 Å². The first kappa shape index (κ1) is 9.63. The fraction of sp³-hybridized carbons (Fsp3) is 0.714. The van der Waals surface area contributed by atoms with Crippen LogP contribution in [0, 0.1) is 0 Å². The first-order chi connectivity index (χ1) is 6.11. The van der Waals surface area contributed by atoms with Crippen LogP contribution in [0.1, 0.15) is 32.0 Å². The SMILES string of the molecule is CC(C)c1nnnn1CCC(=O)O. The monoisotopic (exact) mass is 184 g/mol. The number of hydrogen-bond acceptors (Lipinski definition) is 4. The van der Waals surface area contributed by atoms with E-state index in [0.717, 1.165) is 5.82 Å². The average Bonchev–Trinajstić information content (AvgIpc) is 2.47. The highest BCUT2D eigenvalue weighted by Crippen LogP contribution is 2.08. The largest absolute Gasteiger partial charge is 0.481 e. The van der Waals surface area contributed by atoms with Gasteiger partial charge < -0.3 is 5.11 Å².